The van der Waals surface area contributed by atoms with Crippen molar-refractivity contribution in [2.75, 3.05) is 7.11 Å². The Morgan fingerprint density at radius 2 is 2.07 bits per heavy atom. The predicted molar refractivity (Wildman–Crippen MR) is 60.1 cm³/mol. The summed E-state index contributed by atoms with van der Waals surface area (Å²) >= 11 is 1.83. The molecule has 1 rings (SSSR count). The summed E-state index contributed by atoms with van der Waals surface area (Å²) in [6, 6.07) is 3.86. The standard InChI is InChI=1S/C10H9F2IO2/c1-10(11,12)6-3-4-7(8(13)5-6)9(14)15-2/h3-5H,1-2H3. The number of rotatable bonds is 2. The van der Waals surface area contributed by atoms with Gasteiger partial charge in [0.15, 0.2) is 0 Å². The van der Waals surface area contributed by atoms with Crippen LogP contribution in [-0.2, 0) is 10.7 Å². The number of hydrogen-bond acceptors (Lipinski definition) is 2. The van der Waals surface area contributed by atoms with Crippen LogP contribution >= 0.6 is 22.6 Å². The van der Waals surface area contributed by atoms with Crippen molar-refractivity contribution in [2.45, 2.75) is 12.8 Å². The average Bonchev–Trinajstić information content (AvgIpc) is 2.15. The smallest absolute Gasteiger partial charge is 0.338 e. The SMILES string of the molecule is COC(=O)c1ccc(C(C)(F)F)cc1I. The minimum atomic E-state index is -2.89. The van der Waals surface area contributed by atoms with Gasteiger partial charge in [-0.2, -0.15) is 0 Å². The van der Waals surface area contributed by atoms with E-state index < -0.39 is 11.9 Å². The molecule has 2 nitrogen and oxygen atoms in total. The molecule has 0 aromatic heterocycles. The molecule has 0 N–H and O–H groups in total. The lowest BCUT2D eigenvalue weighted by atomic mass is 10.1. The summed E-state index contributed by atoms with van der Waals surface area (Å²) in [5.74, 6) is -3.42. The van der Waals surface area contributed by atoms with Crippen LogP contribution in [0.25, 0.3) is 0 Å². The third-order valence-electron chi connectivity index (χ3n) is 1.88. The monoisotopic (exact) mass is 326 g/mol. The Kier molecular flexibility index (Phi) is 3.64. The summed E-state index contributed by atoms with van der Waals surface area (Å²) in [5, 5.41) is 0. The zero-order chi connectivity index (χ0) is 11.6. The van der Waals surface area contributed by atoms with Gasteiger partial charge in [-0.15, -0.1) is 0 Å². The van der Waals surface area contributed by atoms with Crippen LogP contribution < -0.4 is 0 Å². The first kappa shape index (κ1) is 12.4. The van der Waals surface area contributed by atoms with E-state index in [0.29, 0.717) is 9.13 Å². The number of benzene rings is 1. The summed E-state index contributed by atoms with van der Waals surface area (Å²) in [6.45, 7) is 0.816. The molecule has 0 aliphatic carbocycles. The van der Waals surface area contributed by atoms with Gasteiger partial charge in [0.2, 0.25) is 0 Å². The van der Waals surface area contributed by atoms with Crippen LogP contribution in [-0.4, -0.2) is 13.1 Å². The van der Waals surface area contributed by atoms with Gasteiger partial charge in [0.05, 0.1) is 12.7 Å². The van der Waals surface area contributed by atoms with E-state index in [1.54, 1.807) is 0 Å². The molecule has 0 bridgehead atoms. The van der Waals surface area contributed by atoms with Crippen LogP contribution in [0.1, 0.15) is 22.8 Å². The van der Waals surface area contributed by atoms with E-state index >= 15 is 0 Å². The maximum atomic E-state index is 12.9. The summed E-state index contributed by atoms with van der Waals surface area (Å²) in [4.78, 5) is 11.2. The Morgan fingerprint density at radius 1 is 1.47 bits per heavy atom. The third-order valence-corrected chi connectivity index (χ3v) is 2.77. The normalized spacial score (nSPS) is 11.3. The van der Waals surface area contributed by atoms with Crippen molar-refractivity contribution in [3.8, 4) is 0 Å². The number of carbonyl (C=O) groups excluding carboxylic acids is 1. The van der Waals surface area contributed by atoms with Gasteiger partial charge in [0.25, 0.3) is 5.92 Å². The number of ether oxygens (including phenoxy) is 1. The highest BCUT2D eigenvalue weighted by Crippen LogP contribution is 2.29. The Hall–Kier alpha value is -0.720. The molecular weight excluding hydrogens is 317 g/mol. The second-order valence-corrected chi connectivity index (χ2v) is 4.24. The van der Waals surface area contributed by atoms with Gasteiger partial charge in [-0.1, -0.05) is 6.07 Å². The Labute approximate surface area is 99.8 Å². The van der Waals surface area contributed by atoms with Crippen molar-refractivity contribution in [3.63, 3.8) is 0 Å². The lowest BCUT2D eigenvalue weighted by Gasteiger charge is -2.12. The minimum absolute atomic E-state index is 0.112. The number of methoxy groups -OCH3 is 1. The lowest BCUT2D eigenvalue weighted by Crippen LogP contribution is -2.10. The van der Waals surface area contributed by atoms with Gasteiger partial charge >= 0.3 is 5.97 Å². The van der Waals surface area contributed by atoms with Gasteiger partial charge in [-0.05, 0) is 34.7 Å². The van der Waals surface area contributed by atoms with E-state index in [0.717, 1.165) is 6.92 Å². The van der Waals surface area contributed by atoms with Gasteiger partial charge in [-0.3, -0.25) is 0 Å². The van der Waals surface area contributed by atoms with Gasteiger partial charge in [0, 0.05) is 16.1 Å². The highest BCUT2D eigenvalue weighted by Gasteiger charge is 2.25. The first-order valence-electron chi connectivity index (χ1n) is 4.12. The van der Waals surface area contributed by atoms with E-state index in [4.69, 9.17) is 0 Å². The summed E-state index contributed by atoms with van der Waals surface area (Å²) in [7, 11) is 1.25. The molecule has 15 heavy (non-hydrogen) atoms. The van der Waals surface area contributed by atoms with Crippen molar-refractivity contribution in [2.24, 2.45) is 0 Å². The van der Waals surface area contributed by atoms with Gasteiger partial charge in [0.1, 0.15) is 0 Å². The molecule has 0 saturated heterocycles. The van der Waals surface area contributed by atoms with E-state index in [1.165, 1.54) is 25.3 Å². The largest absolute Gasteiger partial charge is 0.465 e. The highest BCUT2D eigenvalue weighted by molar-refractivity contribution is 14.1. The molecule has 0 atom stereocenters. The Morgan fingerprint density at radius 3 is 2.47 bits per heavy atom. The van der Waals surface area contributed by atoms with Crippen molar-refractivity contribution in [1.29, 1.82) is 0 Å². The zero-order valence-electron chi connectivity index (χ0n) is 8.18. The molecule has 0 aliphatic heterocycles. The second kappa shape index (κ2) is 4.42. The van der Waals surface area contributed by atoms with Crippen molar-refractivity contribution in [3.05, 3.63) is 32.9 Å². The summed E-state index contributed by atoms with van der Waals surface area (Å²) in [6.07, 6.45) is 0. The van der Waals surface area contributed by atoms with E-state index in [9.17, 15) is 13.6 Å². The molecule has 1 aromatic carbocycles. The summed E-state index contributed by atoms with van der Waals surface area (Å²) in [5.41, 5.74) is 0.186. The molecular formula is C10H9F2IO2. The van der Waals surface area contributed by atoms with Crippen molar-refractivity contribution < 1.29 is 18.3 Å². The first-order valence-corrected chi connectivity index (χ1v) is 5.20. The fourth-order valence-electron chi connectivity index (χ4n) is 1.06. The number of halogens is 3. The molecule has 0 unspecified atom stereocenters. The van der Waals surface area contributed by atoms with Gasteiger partial charge < -0.3 is 4.74 Å². The van der Waals surface area contributed by atoms with Crippen LogP contribution in [0.3, 0.4) is 0 Å². The fourth-order valence-corrected chi connectivity index (χ4v) is 1.80. The van der Waals surface area contributed by atoms with Crippen LogP contribution in [0.2, 0.25) is 0 Å². The molecule has 0 fully saturated rings. The predicted octanol–water partition coefficient (Wildman–Crippen LogP) is 3.19. The fraction of sp³-hybridized carbons (Fsp3) is 0.300. The van der Waals surface area contributed by atoms with Crippen molar-refractivity contribution >= 4 is 28.6 Å². The number of carbonyl (C=O) groups is 1. The lowest BCUT2D eigenvalue weighted by molar-refractivity contribution is 0.0173. The zero-order valence-corrected chi connectivity index (χ0v) is 10.3. The molecule has 82 valence electrons. The van der Waals surface area contributed by atoms with E-state index in [2.05, 4.69) is 4.74 Å². The second-order valence-electron chi connectivity index (χ2n) is 3.07. The molecule has 5 heteroatoms. The molecule has 0 heterocycles. The van der Waals surface area contributed by atoms with E-state index in [1.807, 2.05) is 22.6 Å². The topological polar surface area (TPSA) is 26.3 Å². The molecule has 0 radical (unpaired) electrons. The van der Waals surface area contributed by atoms with Crippen LogP contribution in [0.4, 0.5) is 8.78 Å². The molecule has 0 amide bonds. The van der Waals surface area contributed by atoms with Gasteiger partial charge in [-0.25, -0.2) is 13.6 Å². The minimum Gasteiger partial charge on any atom is -0.465 e. The van der Waals surface area contributed by atoms with Crippen LogP contribution in [0.5, 0.6) is 0 Å². The Bertz CT molecular complexity index is 385. The summed E-state index contributed by atoms with van der Waals surface area (Å²) < 4.78 is 30.8. The van der Waals surface area contributed by atoms with Crippen LogP contribution in [0, 0.1) is 3.57 Å². The molecule has 0 aliphatic rings. The van der Waals surface area contributed by atoms with E-state index in [-0.39, 0.29) is 5.56 Å². The molecule has 0 saturated carbocycles. The quantitative estimate of drug-likeness (QED) is 0.616. The molecule has 1 aromatic rings. The third kappa shape index (κ3) is 2.87. The average molecular weight is 326 g/mol. The highest BCUT2D eigenvalue weighted by atomic mass is 127. The number of esters is 1. The number of hydrogen-bond donors (Lipinski definition) is 0. The Balaban J connectivity index is 3.15. The van der Waals surface area contributed by atoms with Crippen LogP contribution in [0.15, 0.2) is 18.2 Å². The molecule has 0 spiro atoms. The van der Waals surface area contributed by atoms with Crippen molar-refractivity contribution in [1.82, 2.24) is 0 Å². The number of alkyl halides is 2. The maximum absolute atomic E-state index is 12.9. The maximum Gasteiger partial charge on any atom is 0.338 e. The first-order chi connectivity index (χ1) is 6.86.